The van der Waals surface area contributed by atoms with Gasteiger partial charge in [-0.3, -0.25) is 4.79 Å². The van der Waals surface area contributed by atoms with Crippen LogP contribution < -0.4 is 16.8 Å². The van der Waals surface area contributed by atoms with Gasteiger partial charge in [-0.1, -0.05) is 12.6 Å². The highest BCUT2D eigenvalue weighted by Crippen LogP contribution is 2.39. The smallest absolute Gasteiger partial charge is 0.276 e. The molecule has 0 radical (unpaired) electrons. The average Bonchev–Trinajstić information content (AvgIpc) is 2.00. The minimum absolute atomic E-state index is 0.0115. The Morgan fingerprint density at radius 2 is 1.91 bits per heavy atom. The predicted octanol–water partition coefficient (Wildman–Crippen LogP) is -0.221. The molecule has 0 aromatic carbocycles. The summed E-state index contributed by atoms with van der Waals surface area (Å²) in [7, 11) is -2.56. The van der Waals surface area contributed by atoms with E-state index in [2.05, 4.69) is 17.9 Å². The van der Waals surface area contributed by atoms with E-state index in [-0.39, 0.29) is 18.9 Å². The first kappa shape index (κ1) is 11.0. The molecule has 0 bridgehead atoms. The fourth-order valence-corrected chi connectivity index (χ4v) is 1.46. The van der Waals surface area contributed by atoms with Crippen molar-refractivity contribution in [1.29, 1.82) is 0 Å². The molecule has 0 aliphatic carbocycles. The van der Waals surface area contributed by atoms with E-state index in [0.717, 1.165) is 0 Å². The molecule has 0 aliphatic rings. The Balaban J connectivity index is 3.89. The second kappa shape index (κ2) is 4.77. The van der Waals surface area contributed by atoms with Crippen molar-refractivity contribution in [1.82, 2.24) is 5.32 Å². The van der Waals surface area contributed by atoms with Gasteiger partial charge in [-0.15, -0.1) is 0 Å². The molecule has 0 spiro atoms. The van der Waals surface area contributed by atoms with Crippen LogP contribution in [0.2, 0.25) is 0 Å². The first-order valence-corrected chi connectivity index (χ1v) is 5.69. The van der Waals surface area contributed by atoms with Crippen LogP contribution in [0.4, 0.5) is 4.79 Å². The molecule has 11 heavy (non-hydrogen) atoms. The van der Waals surface area contributed by atoms with E-state index >= 15 is 0 Å². The van der Waals surface area contributed by atoms with E-state index in [0.29, 0.717) is 0 Å². The first-order chi connectivity index (χ1) is 5.04. The Morgan fingerprint density at radius 1 is 1.45 bits per heavy atom. The fraction of sp³-hybridized carbons (Fsp3) is 0.750. The largest absolute Gasteiger partial charge is 0.340 e. The van der Waals surface area contributed by atoms with Crippen molar-refractivity contribution >= 4 is 25.0 Å². The molecule has 0 atom stereocenters. The van der Waals surface area contributed by atoms with E-state index in [9.17, 15) is 9.36 Å². The predicted molar refractivity (Wildman–Crippen MR) is 48.1 cm³/mol. The first-order valence-electron chi connectivity index (χ1n) is 2.98. The number of amides is 1. The normalized spacial score (nSPS) is 11.2. The molecule has 0 heterocycles. The van der Waals surface area contributed by atoms with Gasteiger partial charge < -0.3 is 21.3 Å². The van der Waals surface area contributed by atoms with Crippen LogP contribution in [0, 0.1) is 0 Å². The van der Waals surface area contributed by atoms with Gasteiger partial charge >= 0.3 is 0 Å². The lowest BCUT2D eigenvalue weighted by molar-refractivity contribution is 0.262. The Labute approximate surface area is 70.7 Å². The van der Waals surface area contributed by atoms with Crippen molar-refractivity contribution in [3.8, 4) is 0 Å². The summed E-state index contributed by atoms with van der Waals surface area (Å²) < 4.78 is 11.4. The number of rotatable bonds is 4. The van der Waals surface area contributed by atoms with Crippen LogP contribution in [0.1, 0.15) is 0 Å². The summed E-state index contributed by atoms with van der Waals surface area (Å²) in [6, 6.07) is 0. The Hall–Kier alpha value is -0.0300. The van der Waals surface area contributed by atoms with E-state index in [1.54, 1.807) is 0 Å². The van der Waals surface area contributed by atoms with Crippen molar-refractivity contribution in [2.75, 3.05) is 18.9 Å². The molecule has 66 valence electrons. The molecule has 0 aromatic heterocycles. The van der Waals surface area contributed by atoms with Crippen molar-refractivity contribution in [3.05, 3.63) is 0 Å². The van der Waals surface area contributed by atoms with Gasteiger partial charge in [0.25, 0.3) is 5.24 Å². The minimum Gasteiger partial charge on any atom is -0.340 e. The lowest BCUT2D eigenvalue weighted by Crippen LogP contribution is -2.24. The van der Waals surface area contributed by atoms with Crippen LogP contribution in [0.3, 0.4) is 0 Å². The van der Waals surface area contributed by atoms with Crippen molar-refractivity contribution in [2.45, 2.75) is 0 Å². The minimum atomic E-state index is -2.56. The lowest BCUT2D eigenvalue weighted by Gasteiger charge is -2.12. The summed E-state index contributed by atoms with van der Waals surface area (Å²) >= 11 is 3.43. The van der Waals surface area contributed by atoms with Crippen LogP contribution in [0.5, 0.6) is 0 Å². The van der Waals surface area contributed by atoms with Crippen LogP contribution >= 0.6 is 19.8 Å². The fourth-order valence-electron chi connectivity index (χ4n) is 0.415. The third-order valence-corrected chi connectivity index (χ3v) is 3.41. The molecule has 1 amide bonds. The van der Waals surface area contributed by atoms with Gasteiger partial charge in [0, 0.05) is 12.6 Å². The SMILES string of the molecule is NCP(=O)(CN)CNC(=O)S. The molecule has 0 saturated heterocycles. The molecule has 7 heteroatoms. The number of nitrogens with one attached hydrogen (secondary N) is 1. The van der Waals surface area contributed by atoms with E-state index in [1.165, 1.54) is 0 Å². The van der Waals surface area contributed by atoms with Crippen LogP contribution in [-0.2, 0) is 4.57 Å². The Bertz CT molecular complexity index is 178. The van der Waals surface area contributed by atoms with Gasteiger partial charge in [-0.05, 0) is 0 Å². The maximum atomic E-state index is 11.4. The Morgan fingerprint density at radius 3 is 2.18 bits per heavy atom. The van der Waals surface area contributed by atoms with Gasteiger partial charge in [-0.25, -0.2) is 0 Å². The topological polar surface area (TPSA) is 98.2 Å². The van der Waals surface area contributed by atoms with Gasteiger partial charge in [0.1, 0.15) is 7.14 Å². The highest BCUT2D eigenvalue weighted by atomic mass is 32.1. The van der Waals surface area contributed by atoms with Gasteiger partial charge in [0.05, 0.1) is 6.29 Å². The zero-order valence-electron chi connectivity index (χ0n) is 5.99. The Kier molecular flexibility index (Phi) is 4.76. The average molecular weight is 197 g/mol. The summed E-state index contributed by atoms with van der Waals surface area (Å²) in [6.07, 6.45) is 0.0530. The second-order valence-electron chi connectivity index (χ2n) is 2.06. The van der Waals surface area contributed by atoms with E-state index < -0.39 is 12.4 Å². The van der Waals surface area contributed by atoms with Crippen molar-refractivity contribution in [3.63, 3.8) is 0 Å². The molecule has 0 rings (SSSR count). The van der Waals surface area contributed by atoms with Crippen molar-refractivity contribution < 1.29 is 9.36 Å². The standard InChI is InChI=1S/C4H12N3O2PS/c5-1-10(9,2-6)3-7-4(8)11/h1-3,5-6H2,(H2,7,8,11). The maximum Gasteiger partial charge on any atom is 0.276 e. The number of hydrogen-bond acceptors (Lipinski definition) is 4. The molecule has 0 fully saturated rings. The van der Waals surface area contributed by atoms with Gasteiger partial charge in [0.15, 0.2) is 0 Å². The summed E-state index contributed by atoms with van der Waals surface area (Å²) in [5.41, 5.74) is 10.4. The van der Waals surface area contributed by atoms with E-state index in [4.69, 9.17) is 11.5 Å². The summed E-state index contributed by atoms with van der Waals surface area (Å²) in [5.74, 6) is 0. The van der Waals surface area contributed by atoms with Gasteiger partial charge in [0.2, 0.25) is 0 Å². The number of carbonyl (C=O) groups excluding carboxylic acids is 1. The van der Waals surface area contributed by atoms with Crippen molar-refractivity contribution in [2.24, 2.45) is 11.5 Å². The number of carbonyl (C=O) groups is 1. The third kappa shape index (κ3) is 4.42. The zero-order chi connectivity index (χ0) is 8.91. The molecule has 0 saturated carbocycles. The summed E-state index contributed by atoms with van der Waals surface area (Å²) in [5, 5.41) is 1.77. The second-order valence-corrected chi connectivity index (χ2v) is 5.63. The molecule has 5 nitrogen and oxygen atoms in total. The number of hydrogen-bond donors (Lipinski definition) is 4. The molecular formula is C4H12N3O2PS. The van der Waals surface area contributed by atoms with Crippen LogP contribution in [0.15, 0.2) is 0 Å². The third-order valence-electron chi connectivity index (χ3n) is 1.18. The van der Waals surface area contributed by atoms with E-state index in [1.807, 2.05) is 0 Å². The molecule has 5 N–H and O–H groups in total. The number of thiol groups is 1. The summed E-state index contributed by atoms with van der Waals surface area (Å²) in [6.45, 7) is 0. The van der Waals surface area contributed by atoms with Crippen LogP contribution in [0.25, 0.3) is 0 Å². The monoisotopic (exact) mass is 197 g/mol. The van der Waals surface area contributed by atoms with Gasteiger partial charge in [-0.2, -0.15) is 0 Å². The highest BCUT2D eigenvalue weighted by Gasteiger charge is 2.17. The molecule has 0 aliphatic heterocycles. The zero-order valence-corrected chi connectivity index (χ0v) is 7.78. The highest BCUT2D eigenvalue weighted by molar-refractivity contribution is 7.96. The summed E-state index contributed by atoms with van der Waals surface area (Å²) in [4.78, 5) is 10.3. The number of nitrogens with two attached hydrogens (primary N) is 2. The molecular weight excluding hydrogens is 185 g/mol. The maximum absolute atomic E-state index is 11.4. The van der Waals surface area contributed by atoms with Crippen LogP contribution in [-0.4, -0.2) is 24.1 Å². The quantitative estimate of drug-likeness (QED) is 0.370. The molecule has 0 aromatic rings. The lowest BCUT2D eigenvalue weighted by atomic mass is 11.2. The molecule has 0 unspecified atom stereocenters.